The fraction of sp³-hybridized carbons (Fsp3) is 0.818. The van der Waals surface area contributed by atoms with Crippen molar-refractivity contribution in [1.82, 2.24) is 0 Å². The fourth-order valence-electron chi connectivity index (χ4n) is 0.874. The Morgan fingerprint density at radius 3 is 2.31 bits per heavy atom. The average Bonchev–Trinajstić information content (AvgIpc) is 2.14. The highest BCUT2D eigenvalue weighted by Gasteiger charge is 2.21. The highest BCUT2D eigenvalue weighted by molar-refractivity contribution is 8.00. The van der Waals surface area contributed by atoms with Crippen molar-refractivity contribution in [2.75, 3.05) is 12.9 Å². The van der Waals surface area contributed by atoms with Gasteiger partial charge in [-0.2, -0.15) is 0 Å². The van der Waals surface area contributed by atoms with Crippen LogP contribution in [0.5, 0.6) is 0 Å². The zero-order chi connectivity index (χ0) is 12.8. The van der Waals surface area contributed by atoms with E-state index >= 15 is 0 Å². The van der Waals surface area contributed by atoms with Crippen molar-refractivity contribution in [3.63, 3.8) is 0 Å². The van der Waals surface area contributed by atoms with Gasteiger partial charge in [0.1, 0.15) is 5.60 Å². The molecule has 0 heterocycles. The molecule has 0 aliphatic rings. The van der Waals surface area contributed by atoms with Crippen molar-refractivity contribution in [2.45, 2.75) is 45.0 Å². The van der Waals surface area contributed by atoms with E-state index in [4.69, 9.17) is 4.74 Å². The first-order valence-electron chi connectivity index (χ1n) is 5.17. The molecule has 0 aromatic rings. The molecule has 0 rings (SSSR count). The van der Waals surface area contributed by atoms with E-state index in [1.807, 2.05) is 20.8 Å². The molecule has 0 aromatic carbocycles. The summed E-state index contributed by atoms with van der Waals surface area (Å²) in [6.45, 7) is 7.26. The second kappa shape index (κ2) is 6.78. The molecule has 0 fully saturated rings. The lowest BCUT2D eigenvalue weighted by Crippen LogP contribution is -2.29. The van der Waals surface area contributed by atoms with Crippen LogP contribution in [0.1, 0.15) is 34.1 Å². The zero-order valence-corrected chi connectivity index (χ0v) is 11.3. The van der Waals surface area contributed by atoms with Gasteiger partial charge in [0.25, 0.3) is 0 Å². The molecule has 16 heavy (non-hydrogen) atoms. The molecule has 4 nitrogen and oxygen atoms in total. The highest BCUT2D eigenvalue weighted by atomic mass is 32.2. The standard InChI is InChI=1S/C11H20O4S/c1-8(10(13)15-11(2,3)4)16-7-6-9(12)14-5/h8H,6-7H2,1-5H3. The summed E-state index contributed by atoms with van der Waals surface area (Å²) in [7, 11) is 1.35. The predicted molar refractivity (Wildman–Crippen MR) is 64.4 cm³/mol. The molecule has 1 atom stereocenters. The molecule has 1 unspecified atom stereocenters. The third kappa shape index (κ3) is 7.56. The van der Waals surface area contributed by atoms with E-state index in [1.165, 1.54) is 18.9 Å². The van der Waals surface area contributed by atoms with Crippen LogP contribution < -0.4 is 0 Å². The molecule has 0 aliphatic carbocycles. The first-order chi connectivity index (χ1) is 7.26. The summed E-state index contributed by atoms with van der Waals surface area (Å²) in [5.41, 5.74) is -0.464. The number of hydrogen-bond acceptors (Lipinski definition) is 5. The number of ether oxygens (including phenoxy) is 2. The van der Waals surface area contributed by atoms with Gasteiger partial charge in [0.05, 0.1) is 18.8 Å². The molecule has 0 spiro atoms. The quantitative estimate of drug-likeness (QED) is 0.697. The van der Waals surface area contributed by atoms with Crippen molar-refractivity contribution in [3.05, 3.63) is 0 Å². The van der Waals surface area contributed by atoms with Gasteiger partial charge < -0.3 is 9.47 Å². The monoisotopic (exact) mass is 248 g/mol. The van der Waals surface area contributed by atoms with Gasteiger partial charge in [-0.15, -0.1) is 11.8 Å². The Morgan fingerprint density at radius 2 is 1.88 bits per heavy atom. The van der Waals surface area contributed by atoms with Crippen LogP contribution in [0.3, 0.4) is 0 Å². The molecule has 0 aromatic heterocycles. The number of hydrogen-bond donors (Lipinski definition) is 0. The molecule has 0 saturated heterocycles. The summed E-state index contributed by atoms with van der Waals surface area (Å²) in [4.78, 5) is 22.4. The second-order valence-electron chi connectivity index (χ2n) is 4.37. The molecule has 0 aliphatic heterocycles. The predicted octanol–water partition coefficient (Wildman–Crippen LogP) is 2.01. The molecule has 94 valence electrons. The van der Waals surface area contributed by atoms with E-state index < -0.39 is 5.60 Å². The van der Waals surface area contributed by atoms with Crippen molar-refractivity contribution in [1.29, 1.82) is 0 Å². The van der Waals surface area contributed by atoms with Crippen LogP contribution >= 0.6 is 11.8 Å². The second-order valence-corrected chi connectivity index (χ2v) is 5.82. The lowest BCUT2D eigenvalue weighted by molar-refractivity contribution is -0.153. The van der Waals surface area contributed by atoms with Crippen LogP contribution in [0.4, 0.5) is 0 Å². The minimum atomic E-state index is -0.464. The van der Waals surface area contributed by atoms with Crippen LogP contribution in [0.2, 0.25) is 0 Å². The Balaban J connectivity index is 3.84. The summed E-state index contributed by atoms with van der Waals surface area (Å²) in [5, 5.41) is -0.260. The third-order valence-corrected chi connectivity index (χ3v) is 2.77. The van der Waals surface area contributed by atoms with E-state index in [2.05, 4.69) is 4.74 Å². The summed E-state index contributed by atoms with van der Waals surface area (Å²) < 4.78 is 9.71. The fourth-order valence-corrected chi connectivity index (χ4v) is 1.70. The minimum absolute atomic E-state index is 0.248. The molecule has 0 bridgehead atoms. The molecule has 0 amide bonds. The number of esters is 2. The maximum atomic E-state index is 11.5. The van der Waals surface area contributed by atoms with E-state index in [0.29, 0.717) is 12.2 Å². The van der Waals surface area contributed by atoms with Gasteiger partial charge in [0.15, 0.2) is 0 Å². The van der Waals surface area contributed by atoms with Gasteiger partial charge in [0, 0.05) is 5.75 Å². The summed E-state index contributed by atoms with van der Waals surface area (Å²) in [6.07, 6.45) is 0.314. The first kappa shape index (κ1) is 15.3. The van der Waals surface area contributed by atoms with E-state index in [0.717, 1.165) is 0 Å². The van der Waals surface area contributed by atoms with Crippen molar-refractivity contribution >= 4 is 23.7 Å². The van der Waals surface area contributed by atoms with E-state index in [-0.39, 0.29) is 17.2 Å². The summed E-state index contributed by atoms with van der Waals surface area (Å²) in [5.74, 6) is 0.0545. The van der Waals surface area contributed by atoms with E-state index in [1.54, 1.807) is 6.92 Å². The Bertz CT molecular complexity index is 245. The molecule has 5 heteroatoms. The zero-order valence-electron chi connectivity index (χ0n) is 10.5. The van der Waals surface area contributed by atoms with Crippen LogP contribution in [0, 0.1) is 0 Å². The maximum absolute atomic E-state index is 11.5. The number of rotatable bonds is 5. The molecular weight excluding hydrogens is 228 g/mol. The molecule has 0 radical (unpaired) electrons. The largest absolute Gasteiger partial charge is 0.469 e. The lowest BCUT2D eigenvalue weighted by Gasteiger charge is -2.21. The van der Waals surface area contributed by atoms with Gasteiger partial charge in [-0.05, 0) is 27.7 Å². The smallest absolute Gasteiger partial charge is 0.319 e. The van der Waals surface area contributed by atoms with Gasteiger partial charge in [-0.3, -0.25) is 9.59 Å². The minimum Gasteiger partial charge on any atom is -0.469 e. The van der Waals surface area contributed by atoms with Crippen molar-refractivity contribution in [3.8, 4) is 0 Å². The first-order valence-corrected chi connectivity index (χ1v) is 6.22. The number of carbonyl (C=O) groups excluding carboxylic acids is 2. The Kier molecular flexibility index (Phi) is 6.48. The van der Waals surface area contributed by atoms with Crippen molar-refractivity contribution in [2.24, 2.45) is 0 Å². The Hall–Kier alpha value is -0.710. The number of methoxy groups -OCH3 is 1. The normalized spacial score (nSPS) is 13.1. The molecule has 0 N–H and O–H groups in total. The van der Waals surface area contributed by atoms with Crippen LogP contribution in [-0.4, -0.2) is 35.7 Å². The third-order valence-electron chi connectivity index (χ3n) is 1.64. The van der Waals surface area contributed by atoms with Crippen LogP contribution in [0.25, 0.3) is 0 Å². The summed E-state index contributed by atoms with van der Waals surface area (Å²) in [6, 6.07) is 0. The van der Waals surface area contributed by atoms with E-state index in [9.17, 15) is 9.59 Å². The van der Waals surface area contributed by atoms with Gasteiger partial charge in [0.2, 0.25) is 0 Å². The number of thioether (sulfide) groups is 1. The average molecular weight is 248 g/mol. The van der Waals surface area contributed by atoms with Crippen LogP contribution in [0.15, 0.2) is 0 Å². The number of carbonyl (C=O) groups is 2. The highest BCUT2D eigenvalue weighted by Crippen LogP contribution is 2.17. The topological polar surface area (TPSA) is 52.6 Å². The van der Waals surface area contributed by atoms with Gasteiger partial charge in [-0.25, -0.2) is 0 Å². The molecular formula is C11H20O4S. The SMILES string of the molecule is COC(=O)CCSC(C)C(=O)OC(C)(C)C. The van der Waals surface area contributed by atoms with Crippen molar-refractivity contribution < 1.29 is 19.1 Å². The maximum Gasteiger partial charge on any atom is 0.319 e. The van der Waals surface area contributed by atoms with Crippen LogP contribution in [-0.2, 0) is 19.1 Å². The summed E-state index contributed by atoms with van der Waals surface area (Å²) >= 11 is 1.39. The molecule has 0 saturated carbocycles. The lowest BCUT2D eigenvalue weighted by atomic mass is 10.2. The van der Waals surface area contributed by atoms with Gasteiger partial charge >= 0.3 is 11.9 Å². The van der Waals surface area contributed by atoms with Gasteiger partial charge in [-0.1, -0.05) is 0 Å². The Labute approximate surface area is 101 Å². The Morgan fingerprint density at radius 1 is 1.31 bits per heavy atom.